The summed E-state index contributed by atoms with van der Waals surface area (Å²) in [6.07, 6.45) is -1.01. The van der Waals surface area contributed by atoms with Crippen molar-refractivity contribution in [2.45, 2.75) is 6.18 Å². The average Bonchev–Trinajstić information content (AvgIpc) is 3.00. The zero-order valence-corrected chi connectivity index (χ0v) is 12.2. The number of para-hydroxylation sites is 1. The summed E-state index contributed by atoms with van der Waals surface area (Å²) in [5.41, 5.74) is 0.0521. The number of aromatic amines is 1. The quantitative estimate of drug-likeness (QED) is 0.747. The molecule has 0 aliphatic rings. The van der Waals surface area contributed by atoms with E-state index in [1.165, 1.54) is 12.5 Å². The largest absolute Gasteiger partial charge is 0.432 e. The first-order chi connectivity index (χ1) is 10.9. The summed E-state index contributed by atoms with van der Waals surface area (Å²) in [5, 5.41) is 3.25. The Morgan fingerprint density at radius 3 is 2.57 bits per heavy atom. The number of aromatic nitrogens is 4. The van der Waals surface area contributed by atoms with Gasteiger partial charge in [0.2, 0.25) is 0 Å². The lowest BCUT2D eigenvalue weighted by Crippen LogP contribution is -2.05. The number of benzene rings is 1. The molecule has 3 aromatic rings. The molecule has 2 aromatic heterocycles. The van der Waals surface area contributed by atoms with Gasteiger partial charge in [-0.2, -0.15) is 13.2 Å². The van der Waals surface area contributed by atoms with E-state index >= 15 is 0 Å². The number of H-pyrrole nitrogens is 1. The fourth-order valence-electron chi connectivity index (χ4n) is 1.93. The lowest BCUT2D eigenvalue weighted by atomic mass is 10.1. The molecule has 3 rings (SSSR count). The molecule has 0 unspecified atom stereocenters. The summed E-state index contributed by atoms with van der Waals surface area (Å²) in [4.78, 5) is 13.8. The van der Waals surface area contributed by atoms with E-state index in [2.05, 4.69) is 25.3 Å². The number of rotatable bonds is 3. The first kappa shape index (κ1) is 15.3. The van der Waals surface area contributed by atoms with Crippen LogP contribution >= 0.6 is 11.6 Å². The second-order valence-electron chi connectivity index (χ2n) is 4.53. The molecule has 2 N–H and O–H groups in total. The molecule has 118 valence electrons. The molecule has 0 amide bonds. The summed E-state index contributed by atoms with van der Waals surface area (Å²) < 4.78 is 38.1. The molecular weight excluding hydrogens is 331 g/mol. The van der Waals surface area contributed by atoms with Gasteiger partial charge in [0, 0.05) is 5.56 Å². The molecule has 23 heavy (non-hydrogen) atoms. The van der Waals surface area contributed by atoms with Crippen LogP contribution < -0.4 is 5.32 Å². The van der Waals surface area contributed by atoms with Gasteiger partial charge < -0.3 is 10.3 Å². The van der Waals surface area contributed by atoms with Crippen molar-refractivity contribution < 1.29 is 13.2 Å². The third kappa shape index (κ3) is 3.26. The lowest BCUT2D eigenvalue weighted by Gasteiger charge is -2.10. The summed E-state index contributed by atoms with van der Waals surface area (Å²) in [7, 11) is 0. The molecule has 0 saturated heterocycles. The van der Waals surface area contributed by atoms with Gasteiger partial charge in [0.1, 0.15) is 22.9 Å². The van der Waals surface area contributed by atoms with Gasteiger partial charge in [-0.25, -0.2) is 15.0 Å². The summed E-state index contributed by atoms with van der Waals surface area (Å²) in [6, 6.07) is 6.74. The van der Waals surface area contributed by atoms with Crippen molar-refractivity contribution in [3.05, 3.63) is 53.7 Å². The van der Waals surface area contributed by atoms with Crippen molar-refractivity contribution in [1.29, 1.82) is 0 Å². The van der Waals surface area contributed by atoms with Gasteiger partial charge in [-0.05, 0) is 12.1 Å². The molecule has 2 heterocycles. The molecule has 0 radical (unpaired) electrons. The molecule has 0 saturated carbocycles. The van der Waals surface area contributed by atoms with Gasteiger partial charge in [-0.1, -0.05) is 23.7 Å². The van der Waals surface area contributed by atoms with Crippen LogP contribution in [-0.2, 0) is 6.18 Å². The number of hydrogen-bond acceptors (Lipinski definition) is 4. The predicted octanol–water partition coefficient (Wildman–Crippen LogP) is 4.28. The van der Waals surface area contributed by atoms with Crippen LogP contribution in [0.5, 0.6) is 0 Å². The maximum absolute atomic E-state index is 12.7. The van der Waals surface area contributed by atoms with Gasteiger partial charge in [-0.15, -0.1) is 0 Å². The molecule has 0 spiro atoms. The number of anilines is 2. The average molecular weight is 340 g/mol. The minimum atomic E-state index is -4.48. The first-order valence-corrected chi connectivity index (χ1v) is 6.77. The van der Waals surface area contributed by atoms with E-state index in [4.69, 9.17) is 11.6 Å². The highest BCUT2D eigenvalue weighted by atomic mass is 35.5. The van der Waals surface area contributed by atoms with Crippen molar-refractivity contribution in [3.63, 3.8) is 0 Å². The molecule has 0 aliphatic carbocycles. The monoisotopic (exact) mass is 339 g/mol. The first-order valence-electron chi connectivity index (χ1n) is 6.39. The fourth-order valence-corrected chi connectivity index (χ4v) is 2.09. The Hall–Kier alpha value is -2.61. The van der Waals surface area contributed by atoms with Crippen molar-refractivity contribution in [2.24, 2.45) is 0 Å². The molecule has 5 nitrogen and oxygen atoms in total. The van der Waals surface area contributed by atoms with Crippen LogP contribution in [0.3, 0.4) is 0 Å². The standard InChI is InChI=1S/C14H9ClF3N5/c15-9-5-19-7-21-13(9)22-10-4-2-1-3-8(10)12-20-6-11(23-12)14(16,17)18/h1-7H,(H,20,23)(H,19,21,22). The van der Waals surface area contributed by atoms with E-state index < -0.39 is 11.9 Å². The smallest absolute Gasteiger partial charge is 0.338 e. The van der Waals surface area contributed by atoms with Crippen LogP contribution in [0, 0.1) is 0 Å². The van der Waals surface area contributed by atoms with Crippen LogP contribution in [0.25, 0.3) is 11.4 Å². The third-order valence-electron chi connectivity index (χ3n) is 2.98. The maximum atomic E-state index is 12.7. The topological polar surface area (TPSA) is 66.5 Å². The van der Waals surface area contributed by atoms with Gasteiger partial charge in [0.15, 0.2) is 5.82 Å². The van der Waals surface area contributed by atoms with Crippen LogP contribution in [0.2, 0.25) is 5.02 Å². The van der Waals surface area contributed by atoms with E-state index in [9.17, 15) is 13.2 Å². The number of alkyl halides is 3. The minimum absolute atomic E-state index is 0.0885. The second kappa shape index (κ2) is 5.88. The summed E-state index contributed by atoms with van der Waals surface area (Å²) in [6.45, 7) is 0. The zero-order chi connectivity index (χ0) is 16.4. The molecule has 0 fully saturated rings. The number of nitrogens with one attached hydrogen (secondary N) is 2. The minimum Gasteiger partial charge on any atom is -0.338 e. The van der Waals surface area contributed by atoms with Gasteiger partial charge in [-0.3, -0.25) is 0 Å². The fraction of sp³-hybridized carbons (Fsp3) is 0.0714. The Kier molecular flexibility index (Phi) is 3.91. The second-order valence-corrected chi connectivity index (χ2v) is 4.94. The number of imidazole rings is 1. The van der Waals surface area contributed by atoms with E-state index in [-0.39, 0.29) is 10.8 Å². The number of halogens is 4. The Bertz CT molecular complexity index is 831. The molecule has 9 heteroatoms. The van der Waals surface area contributed by atoms with Crippen LogP contribution in [0.1, 0.15) is 5.69 Å². The van der Waals surface area contributed by atoms with E-state index in [1.54, 1.807) is 24.3 Å². The highest BCUT2D eigenvalue weighted by Gasteiger charge is 2.33. The van der Waals surface area contributed by atoms with Crippen molar-refractivity contribution in [3.8, 4) is 11.4 Å². The normalized spacial score (nSPS) is 11.5. The Labute approximate surface area is 133 Å². The summed E-state index contributed by atoms with van der Waals surface area (Å²) >= 11 is 5.98. The van der Waals surface area contributed by atoms with Gasteiger partial charge in [0.25, 0.3) is 0 Å². The lowest BCUT2D eigenvalue weighted by molar-refractivity contribution is -0.140. The number of nitrogens with zero attached hydrogens (tertiary/aromatic N) is 3. The molecule has 1 aromatic carbocycles. The SMILES string of the molecule is FC(F)(F)c1cnc(-c2ccccc2Nc2ncncc2Cl)[nH]1. The van der Waals surface area contributed by atoms with E-state index in [0.717, 1.165) is 6.20 Å². The van der Waals surface area contributed by atoms with Crippen LogP contribution in [0.4, 0.5) is 24.7 Å². The van der Waals surface area contributed by atoms with Crippen molar-refractivity contribution in [2.75, 3.05) is 5.32 Å². The molecular formula is C14H9ClF3N5. The van der Waals surface area contributed by atoms with Crippen LogP contribution in [-0.4, -0.2) is 19.9 Å². The third-order valence-corrected chi connectivity index (χ3v) is 3.26. The Morgan fingerprint density at radius 1 is 1.09 bits per heavy atom. The zero-order valence-electron chi connectivity index (χ0n) is 11.4. The molecule has 0 bridgehead atoms. The molecule has 0 aliphatic heterocycles. The van der Waals surface area contributed by atoms with E-state index in [1.807, 2.05) is 0 Å². The van der Waals surface area contributed by atoms with Gasteiger partial charge in [0.05, 0.1) is 18.1 Å². The van der Waals surface area contributed by atoms with Gasteiger partial charge >= 0.3 is 6.18 Å². The summed E-state index contributed by atoms with van der Waals surface area (Å²) in [5.74, 6) is 0.433. The van der Waals surface area contributed by atoms with Crippen molar-refractivity contribution in [1.82, 2.24) is 19.9 Å². The predicted molar refractivity (Wildman–Crippen MR) is 79.4 cm³/mol. The molecule has 0 atom stereocenters. The Balaban J connectivity index is 1.98. The highest BCUT2D eigenvalue weighted by molar-refractivity contribution is 6.32. The van der Waals surface area contributed by atoms with E-state index in [0.29, 0.717) is 17.1 Å². The van der Waals surface area contributed by atoms with Crippen LogP contribution in [0.15, 0.2) is 43.0 Å². The highest BCUT2D eigenvalue weighted by Crippen LogP contribution is 2.33. The number of hydrogen-bond donors (Lipinski definition) is 2. The Morgan fingerprint density at radius 2 is 1.87 bits per heavy atom. The van der Waals surface area contributed by atoms with Crippen molar-refractivity contribution >= 4 is 23.1 Å². The maximum Gasteiger partial charge on any atom is 0.432 e.